The molecular formula is C5H10BrN3. The predicted molar refractivity (Wildman–Crippen MR) is 43.6 cm³/mol. The van der Waals surface area contributed by atoms with Crippen LogP contribution in [0.15, 0.2) is 15.7 Å². The number of aliphatic imine (C=N–C) groups is 1. The molecule has 0 heterocycles. The molecule has 0 saturated heterocycles. The molecule has 0 fully saturated rings. The van der Waals surface area contributed by atoms with Gasteiger partial charge in [-0.05, 0) is 15.9 Å². The van der Waals surface area contributed by atoms with Gasteiger partial charge in [0, 0.05) is 20.3 Å². The molecule has 0 unspecified atom stereocenters. The summed E-state index contributed by atoms with van der Waals surface area (Å²) in [7, 11) is 3.43. The third-order valence-corrected chi connectivity index (χ3v) is 1.39. The summed E-state index contributed by atoms with van der Waals surface area (Å²) in [6, 6.07) is 0. The maximum Gasteiger partial charge on any atom is 0.134 e. The van der Waals surface area contributed by atoms with Gasteiger partial charge < -0.3 is 11.1 Å². The van der Waals surface area contributed by atoms with Crippen molar-refractivity contribution in [2.45, 2.75) is 0 Å². The highest BCUT2D eigenvalue weighted by atomic mass is 79.9. The van der Waals surface area contributed by atoms with E-state index >= 15 is 0 Å². The van der Waals surface area contributed by atoms with Gasteiger partial charge in [-0.15, -0.1) is 0 Å². The monoisotopic (exact) mass is 191 g/mol. The predicted octanol–water partition coefficient (Wildman–Crippen LogP) is 0.429. The van der Waals surface area contributed by atoms with E-state index in [1.165, 1.54) is 0 Å². The molecule has 0 spiro atoms. The first-order chi connectivity index (χ1) is 4.22. The van der Waals surface area contributed by atoms with Crippen molar-refractivity contribution in [3.05, 3.63) is 10.7 Å². The first-order valence-electron chi connectivity index (χ1n) is 2.48. The van der Waals surface area contributed by atoms with E-state index in [0.29, 0.717) is 5.84 Å². The Morgan fingerprint density at radius 1 is 1.78 bits per heavy atom. The van der Waals surface area contributed by atoms with Crippen LogP contribution >= 0.6 is 15.9 Å². The van der Waals surface area contributed by atoms with Gasteiger partial charge in [0.2, 0.25) is 0 Å². The number of hydrogen-bond donors (Lipinski definition) is 2. The zero-order valence-corrected chi connectivity index (χ0v) is 7.07. The van der Waals surface area contributed by atoms with Crippen molar-refractivity contribution in [1.29, 1.82) is 0 Å². The fourth-order valence-electron chi connectivity index (χ4n) is 0.307. The standard InChI is InChI=1S/C5H10BrN3/c1-8-3-4(6)5(7)9-2/h3,8H,1-2H3,(H2,7,9)/b4-3+. The molecular weight excluding hydrogens is 182 g/mol. The number of rotatable bonds is 2. The second-order valence-electron chi connectivity index (χ2n) is 1.39. The van der Waals surface area contributed by atoms with E-state index in [1.807, 2.05) is 0 Å². The van der Waals surface area contributed by atoms with Crippen LogP contribution in [0.5, 0.6) is 0 Å². The maximum absolute atomic E-state index is 5.40. The first kappa shape index (κ1) is 8.49. The number of hydrogen-bond acceptors (Lipinski definition) is 2. The Morgan fingerprint density at radius 3 is 2.67 bits per heavy atom. The molecule has 0 amide bonds. The fraction of sp³-hybridized carbons (Fsp3) is 0.400. The summed E-state index contributed by atoms with van der Waals surface area (Å²) in [5.41, 5.74) is 5.40. The summed E-state index contributed by atoms with van der Waals surface area (Å²) in [5.74, 6) is 0.490. The summed E-state index contributed by atoms with van der Waals surface area (Å²) >= 11 is 3.21. The largest absolute Gasteiger partial charge is 0.393 e. The molecule has 0 aliphatic rings. The highest BCUT2D eigenvalue weighted by molar-refractivity contribution is 9.12. The minimum Gasteiger partial charge on any atom is -0.393 e. The topological polar surface area (TPSA) is 50.4 Å². The van der Waals surface area contributed by atoms with E-state index in [-0.39, 0.29) is 0 Å². The summed E-state index contributed by atoms with van der Waals surface area (Å²) in [5, 5.41) is 2.81. The molecule has 0 bridgehead atoms. The molecule has 3 N–H and O–H groups in total. The van der Waals surface area contributed by atoms with Crippen molar-refractivity contribution >= 4 is 21.8 Å². The quantitative estimate of drug-likeness (QED) is 0.492. The van der Waals surface area contributed by atoms with Crippen LogP contribution in [0.3, 0.4) is 0 Å². The van der Waals surface area contributed by atoms with Crippen LogP contribution in [0.2, 0.25) is 0 Å². The van der Waals surface area contributed by atoms with Gasteiger partial charge in [0.25, 0.3) is 0 Å². The summed E-state index contributed by atoms with van der Waals surface area (Å²) in [4.78, 5) is 3.75. The van der Waals surface area contributed by atoms with Crippen molar-refractivity contribution in [3.8, 4) is 0 Å². The van der Waals surface area contributed by atoms with E-state index in [4.69, 9.17) is 5.73 Å². The molecule has 52 valence electrons. The lowest BCUT2D eigenvalue weighted by molar-refractivity contribution is 1.10. The smallest absolute Gasteiger partial charge is 0.134 e. The maximum atomic E-state index is 5.40. The number of nitrogens with one attached hydrogen (secondary N) is 1. The molecule has 4 heteroatoms. The Kier molecular flexibility index (Phi) is 4.13. The average molecular weight is 192 g/mol. The molecule has 9 heavy (non-hydrogen) atoms. The van der Waals surface area contributed by atoms with Crippen LogP contribution in [0.1, 0.15) is 0 Å². The van der Waals surface area contributed by atoms with Crippen LogP contribution in [0, 0.1) is 0 Å². The Balaban J connectivity index is 4.03. The highest BCUT2D eigenvalue weighted by Gasteiger charge is 1.92. The van der Waals surface area contributed by atoms with E-state index in [9.17, 15) is 0 Å². The minimum absolute atomic E-state index is 0.490. The number of nitrogens with two attached hydrogens (primary N) is 1. The van der Waals surface area contributed by atoms with Gasteiger partial charge in [-0.25, -0.2) is 0 Å². The Morgan fingerprint density at radius 2 is 2.33 bits per heavy atom. The normalized spacial score (nSPS) is 13.7. The van der Waals surface area contributed by atoms with Crippen molar-refractivity contribution in [2.24, 2.45) is 10.7 Å². The molecule has 0 aliphatic heterocycles. The number of nitrogens with zero attached hydrogens (tertiary/aromatic N) is 1. The second kappa shape index (κ2) is 4.38. The van der Waals surface area contributed by atoms with E-state index in [1.54, 1.807) is 20.3 Å². The molecule has 0 atom stereocenters. The molecule has 0 aromatic rings. The van der Waals surface area contributed by atoms with Crippen LogP contribution < -0.4 is 11.1 Å². The van der Waals surface area contributed by atoms with Crippen LogP contribution in [0.4, 0.5) is 0 Å². The van der Waals surface area contributed by atoms with Gasteiger partial charge in [-0.1, -0.05) is 0 Å². The molecule has 3 nitrogen and oxygen atoms in total. The molecule has 0 radical (unpaired) electrons. The van der Waals surface area contributed by atoms with E-state index in [2.05, 4.69) is 26.2 Å². The van der Waals surface area contributed by atoms with Crippen LogP contribution in [-0.4, -0.2) is 19.9 Å². The lowest BCUT2D eigenvalue weighted by Gasteiger charge is -1.94. The van der Waals surface area contributed by atoms with Gasteiger partial charge >= 0.3 is 0 Å². The molecule has 0 saturated carbocycles. The summed E-state index contributed by atoms with van der Waals surface area (Å²) < 4.78 is 0.771. The SMILES string of the molecule is CN=C(N)/C(Br)=C\NC. The highest BCUT2D eigenvalue weighted by Crippen LogP contribution is 2.01. The zero-order valence-electron chi connectivity index (χ0n) is 5.48. The second-order valence-corrected chi connectivity index (χ2v) is 2.24. The van der Waals surface area contributed by atoms with Crippen molar-refractivity contribution in [2.75, 3.05) is 14.1 Å². The number of halogens is 1. The van der Waals surface area contributed by atoms with Gasteiger partial charge in [0.15, 0.2) is 0 Å². The third kappa shape index (κ3) is 3.13. The number of amidine groups is 1. The molecule has 0 aromatic carbocycles. The van der Waals surface area contributed by atoms with Crippen molar-refractivity contribution < 1.29 is 0 Å². The van der Waals surface area contributed by atoms with Gasteiger partial charge in [0.05, 0.1) is 4.48 Å². The van der Waals surface area contributed by atoms with Gasteiger partial charge in [0.1, 0.15) is 5.84 Å². The molecule has 0 rings (SSSR count). The third-order valence-electron chi connectivity index (χ3n) is 0.757. The van der Waals surface area contributed by atoms with Gasteiger partial charge in [-0.2, -0.15) is 0 Å². The van der Waals surface area contributed by atoms with Crippen LogP contribution in [-0.2, 0) is 0 Å². The van der Waals surface area contributed by atoms with Crippen LogP contribution in [0.25, 0.3) is 0 Å². The Hall–Kier alpha value is -0.510. The van der Waals surface area contributed by atoms with Gasteiger partial charge in [-0.3, -0.25) is 4.99 Å². The lowest BCUT2D eigenvalue weighted by Crippen LogP contribution is -2.12. The summed E-state index contributed by atoms with van der Waals surface area (Å²) in [6.45, 7) is 0. The van der Waals surface area contributed by atoms with Crippen molar-refractivity contribution in [1.82, 2.24) is 5.32 Å². The van der Waals surface area contributed by atoms with Crippen molar-refractivity contribution in [3.63, 3.8) is 0 Å². The Bertz CT molecular complexity index is 139. The lowest BCUT2D eigenvalue weighted by atomic mass is 10.5. The molecule has 0 aromatic heterocycles. The average Bonchev–Trinajstić information content (AvgIpc) is 1.87. The molecule has 0 aliphatic carbocycles. The van der Waals surface area contributed by atoms with E-state index < -0.39 is 0 Å². The van der Waals surface area contributed by atoms with E-state index in [0.717, 1.165) is 4.48 Å². The fourth-order valence-corrected chi connectivity index (χ4v) is 0.714. The summed E-state index contributed by atoms with van der Waals surface area (Å²) in [6.07, 6.45) is 1.72. The Labute approximate surface area is 63.2 Å². The minimum atomic E-state index is 0.490. The zero-order chi connectivity index (χ0) is 7.28. The first-order valence-corrected chi connectivity index (χ1v) is 3.27.